The van der Waals surface area contributed by atoms with Gasteiger partial charge in [-0.2, -0.15) is 0 Å². The number of nitrogens with one attached hydrogen (secondary N) is 1. The first-order chi connectivity index (χ1) is 33.5. The fourth-order valence-corrected chi connectivity index (χ4v) is 9.57. The standard InChI is InChI=1S/C62H119NO5/c1-3-5-7-9-11-13-15-17-19-21-23-24-25-27-30-34-38-42-46-50-54-60(65)59(58-64)63-61(66)55-51-47-43-39-35-31-29-33-37-41-45-49-53-57-68-62(67)56-52-48-44-40-36-32-28-26-22-20-18-16-14-12-10-8-6-4-2/h31,35,43,47,59-60,64-65H,3-30,32-34,36-42,44-46,48-58H2,1-2H3,(H,63,66)/b35-31-,47-43-. The lowest BCUT2D eigenvalue weighted by Gasteiger charge is -2.22. The van der Waals surface area contributed by atoms with Gasteiger partial charge in [0.2, 0.25) is 5.91 Å². The number of aliphatic hydroxyl groups is 2. The second-order valence-corrected chi connectivity index (χ2v) is 21.0. The predicted molar refractivity (Wildman–Crippen MR) is 296 cm³/mol. The van der Waals surface area contributed by atoms with E-state index in [1.165, 1.54) is 244 Å². The molecule has 68 heavy (non-hydrogen) atoms. The number of allylic oxidation sites excluding steroid dienone is 4. The van der Waals surface area contributed by atoms with Gasteiger partial charge in [0, 0.05) is 12.8 Å². The number of unbranched alkanes of at least 4 members (excludes halogenated alkanes) is 42. The molecular weight excluding hydrogens is 839 g/mol. The van der Waals surface area contributed by atoms with Crippen LogP contribution in [-0.4, -0.2) is 47.4 Å². The van der Waals surface area contributed by atoms with Crippen LogP contribution in [0.1, 0.15) is 335 Å². The average Bonchev–Trinajstić information content (AvgIpc) is 3.34. The zero-order chi connectivity index (χ0) is 49.3. The Morgan fingerprint density at radius 3 is 1.15 bits per heavy atom. The topological polar surface area (TPSA) is 95.9 Å². The molecule has 3 N–H and O–H groups in total. The molecule has 0 spiro atoms. The van der Waals surface area contributed by atoms with Gasteiger partial charge in [0.1, 0.15) is 0 Å². The van der Waals surface area contributed by atoms with Crippen LogP contribution in [0.5, 0.6) is 0 Å². The molecule has 0 aromatic heterocycles. The van der Waals surface area contributed by atoms with Crippen LogP contribution in [0.2, 0.25) is 0 Å². The first kappa shape index (κ1) is 66.3. The molecule has 0 aromatic rings. The Bertz CT molecular complexity index is 1060. The Labute approximate surface area is 424 Å². The summed E-state index contributed by atoms with van der Waals surface area (Å²) in [4.78, 5) is 24.6. The van der Waals surface area contributed by atoms with Crippen molar-refractivity contribution >= 4 is 11.9 Å². The third kappa shape index (κ3) is 53.7. The van der Waals surface area contributed by atoms with Crippen molar-refractivity contribution in [3.63, 3.8) is 0 Å². The highest BCUT2D eigenvalue weighted by Crippen LogP contribution is 2.18. The highest BCUT2D eigenvalue weighted by Gasteiger charge is 2.20. The van der Waals surface area contributed by atoms with E-state index in [4.69, 9.17) is 4.74 Å². The summed E-state index contributed by atoms with van der Waals surface area (Å²) in [6, 6.07) is -0.586. The van der Waals surface area contributed by atoms with E-state index in [1.54, 1.807) is 0 Å². The molecule has 0 aliphatic rings. The van der Waals surface area contributed by atoms with Gasteiger partial charge in [0.15, 0.2) is 0 Å². The summed E-state index contributed by atoms with van der Waals surface area (Å²) in [6.07, 6.45) is 70.5. The summed E-state index contributed by atoms with van der Waals surface area (Å²) in [5.74, 6) is -0.124. The fourth-order valence-electron chi connectivity index (χ4n) is 9.57. The van der Waals surface area contributed by atoms with Gasteiger partial charge in [-0.25, -0.2) is 0 Å². The number of carbonyl (C=O) groups is 2. The molecule has 0 rings (SSSR count). The summed E-state index contributed by atoms with van der Waals surface area (Å²) in [7, 11) is 0. The number of amides is 1. The van der Waals surface area contributed by atoms with Crippen molar-refractivity contribution in [1.82, 2.24) is 5.32 Å². The Morgan fingerprint density at radius 2 is 0.750 bits per heavy atom. The number of ether oxygens (including phenoxy) is 1. The summed E-state index contributed by atoms with van der Waals surface area (Å²) >= 11 is 0. The monoisotopic (exact) mass is 958 g/mol. The van der Waals surface area contributed by atoms with Crippen molar-refractivity contribution in [3.05, 3.63) is 24.3 Å². The summed E-state index contributed by atoms with van der Waals surface area (Å²) in [5.41, 5.74) is 0. The van der Waals surface area contributed by atoms with Crippen molar-refractivity contribution < 1.29 is 24.5 Å². The van der Waals surface area contributed by atoms with E-state index in [-0.39, 0.29) is 18.5 Å². The van der Waals surface area contributed by atoms with Crippen LogP contribution in [0, 0.1) is 0 Å². The Hall–Kier alpha value is -1.66. The quantitative estimate of drug-likeness (QED) is 0.0321. The zero-order valence-corrected chi connectivity index (χ0v) is 45.9. The Balaban J connectivity index is 3.50. The third-order valence-electron chi connectivity index (χ3n) is 14.3. The molecule has 0 saturated carbocycles. The van der Waals surface area contributed by atoms with Crippen LogP contribution >= 0.6 is 0 Å². The van der Waals surface area contributed by atoms with E-state index in [0.29, 0.717) is 32.3 Å². The molecule has 0 radical (unpaired) electrons. The van der Waals surface area contributed by atoms with Crippen LogP contribution < -0.4 is 5.32 Å². The van der Waals surface area contributed by atoms with Crippen molar-refractivity contribution in [2.75, 3.05) is 13.2 Å². The van der Waals surface area contributed by atoms with E-state index in [2.05, 4.69) is 37.4 Å². The van der Waals surface area contributed by atoms with Gasteiger partial charge < -0.3 is 20.3 Å². The van der Waals surface area contributed by atoms with Gasteiger partial charge in [-0.15, -0.1) is 0 Å². The van der Waals surface area contributed by atoms with E-state index >= 15 is 0 Å². The van der Waals surface area contributed by atoms with Gasteiger partial charge in [-0.1, -0.05) is 301 Å². The van der Waals surface area contributed by atoms with Crippen LogP contribution in [0.25, 0.3) is 0 Å². The second kappa shape index (κ2) is 57.9. The lowest BCUT2D eigenvalue weighted by atomic mass is 10.0. The van der Waals surface area contributed by atoms with Gasteiger partial charge in [0.05, 0.1) is 25.4 Å². The van der Waals surface area contributed by atoms with Crippen molar-refractivity contribution in [2.24, 2.45) is 0 Å². The molecule has 0 heterocycles. The largest absolute Gasteiger partial charge is 0.466 e. The molecule has 2 atom stereocenters. The number of aliphatic hydroxyl groups excluding tert-OH is 2. The van der Waals surface area contributed by atoms with Gasteiger partial charge in [-0.3, -0.25) is 9.59 Å². The van der Waals surface area contributed by atoms with E-state index in [1.807, 2.05) is 6.08 Å². The lowest BCUT2D eigenvalue weighted by Crippen LogP contribution is -2.45. The SMILES string of the molecule is CCCCCCCCCCCCCCCCCCCCCCC(O)C(CO)NC(=O)CC/C=C\C/C=C\CCCCCCCCOC(=O)CCCCCCCCCCCCCCCCCCCC. The minimum Gasteiger partial charge on any atom is -0.466 e. The molecule has 0 saturated heterocycles. The van der Waals surface area contributed by atoms with E-state index in [0.717, 1.165) is 51.4 Å². The number of hydrogen-bond acceptors (Lipinski definition) is 5. The first-order valence-electron chi connectivity index (χ1n) is 30.6. The second-order valence-electron chi connectivity index (χ2n) is 21.0. The third-order valence-corrected chi connectivity index (χ3v) is 14.3. The summed E-state index contributed by atoms with van der Waals surface area (Å²) in [5, 5.41) is 23.3. The average molecular weight is 959 g/mol. The van der Waals surface area contributed by atoms with Crippen molar-refractivity contribution in [2.45, 2.75) is 347 Å². The normalized spacial score (nSPS) is 12.7. The van der Waals surface area contributed by atoms with Crippen LogP contribution in [0.15, 0.2) is 24.3 Å². The molecular formula is C62H119NO5. The predicted octanol–water partition coefficient (Wildman–Crippen LogP) is 19.0. The maximum Gasteiger partial charge on any atom is 0.305 e. The highest BCUT2D eigenvalue weighted by atomic mass is 16.5. The Kier molecular flexibility index (Phi) is 56.5. The first-order valence-corrected chi connectivity index (χ1v) is 30.6. The van der Waals surface area contributed by atoms with Gasteiger partial charge >= 0.3 is 5.97 Å². The summed E-state index contributed by atoms with van der Waals surface area (Å²) < 4.78 is 5.48. The summed E-state index contributed by atoms with van der Waals surface area (Å²) in [6.45, 7) is 4.92. The molecule has 2 unspecified atom stereocenters. The molecule has 0 bridgehead atoms. The molecule has 1 amide bonds. The lowest BCUT2D eigenvalue weighted by molar-refractivity contribution is -0.143. The maximum atomic E-state index is 12.5. The highest BCUT2D eigenvalue weighted by molar-refractivity contribution is 5.76. The number of carbonyl (C=O) groups excluding carboxylic acids is 2. The van der Waals surface area contributed by atoms with Crippen LogP contribution in [-0.2, 0) is 14.3 Å². The zero-order valence-electron chi connectivity index (χ0n) is 45.9. The number of hydrogen-bond donors (Lipinski definition) is 3. The molecule has 0 aliphatic carbocycles. The van der Waals surface area contributed by atoms with Crippen molar-refractivity contribution in [3.8, 4) is 0 Å². The molecule has 402 valence electrons. The number of rotatable bonds is 57. The smallest absolute Gasteiger partial charge is 0.305 e. The Morgan fingerprint density at radius 1 is 0.412 bits per heavy atom. The minimum atomic E-state index is -0.699. The van der Waals surface area contributed by atoms with E-state index in [9.17, 15) is 19.8 Å². The molecule has 0 aromatic carbocycles. The minimum absolute atomic E-state index is 0.0118. The van der Waals surface area contributed by atoms with Crippen molar-refractivity contribution in [1.29, 1.82) is 0 Å². The van der Waals surface area contributed by atoms with Gasteiger partial charge in [0.25, 0.3) is 0 Å². The number of esters is 1. The van der Waals surface area contributed by atoms with E-state index < -0.39 is 12.1 Å². The fraction of sp³-hybridized carbons (Fsp3) is 0.903. The maximum absolute atomic E-state index is 12.5. The van der Waals surface area contributed by atoms with Crippen LogP contribution in [0.4, 0.5) is 0 Å². The molecule has 0 aliphatic heterocycles. The van der Waals surface area contributed by atoms with Gasteiger partial charge in [-0.05, 0) is 44.9 Å². The molecule has 6 heteroatoms. The van der Waals surface area contributed by atoms with Crippen LogP contribution in [0.3, 0.4) is 0 Å². The molecule has 6 nitrogen and oxygen atoms in total. The molecule has 0 fully saturated rings.